The summed E-state index contributed by atoms with van der Waals surface area (Å²) in [7, 11) is -0.299. The van der Waals surface area contributed by atoms with Crippen molar-refractivity contribution < 1.29 is 13.9 Å². The monoisotopic (exact) mass is 453 g/mol. The van der Waals surface area contributed by atoms with Crippen LogP contribution < -0.4 is 0 Å². The van der Waals surface area contributed by atoms with E-state index in [0.29, 0.717) is 18.8 Å². The maximum absolute atomic E-state index is 6.94. The van der Waals surface area contributed by atoms with Crippen molar-refractivity contribution in [3.8, 4) is 0 Å². The second kappa shape index (κ2) is 16.7. The second-order valence-electron chi connectivity index (χ2n) is 8.07. The Balaban J connectivity index is 3.07. The number of aromatic nitrogens is 1. The Kier molecular flexibility index (Phi) is 15.0. The third kappa shape index (κ3) is 10.9. The van der Waals surface area contributed by atoms with Crippen LogP contribution >= 0.6 is 11.8 Å². The Morgan fingerprint density at radius 3 is 2.33 bits per heavy atom. The highest BCUT2D eigenvalue weighted by atomic mass is 32.2. The lowest BCUT2D eigenvalue weighted by atomic mass is 10.1. The summed E-state index contributed by atoms with van der Waals surface area (Å²) in [6.45, 7) is 10.4. The van der Waals surface area contributed by atoms with E-state index < -0.39 is 8.32 Å². The van der Waals surface area contributed by atoms with Gasteiger partial charge in [-0.2, -0.15) is 0 Å². The average Bonchev–Trinajstić information content (AvgIpc) is 2.76. The van der Waals surface area contributed by atoms with Gasteiger partial charge in [0, 0.05) is 13.3 Å². The summed E-state index contributed by atoms with van der Waals surface area (Å²) in [4.78, 5) is 4.48. The molecule has 1 rings (SSSR count). The van der Waals surface area contributed by atoms with Gasteiger partial charge in [-0.05, 0) is 54.9 Å². The molecule has 0 aliphatic rings. The topological polar surface area (TPSA) is 40.6 Å². The third-order valence-electron chi connectivity index (χ3n) is 5.46. The van der Waals surface area contributed by atoms with E-state index in [2.05, 4.69) is 32.3 Å². The number of pyridine rings is 1. The number of hydrogen-bond acceptors (Lipinski definition) is 5. The van der Waals surface area contributed by atoms with Gasteiger partial charge in [-0.3, -0.25) is 0 Å². The van der Waals surface area contributed by atoms with Gasteiger partial charge >= 0.3 is 0 Å². The lowest BCUT2D eigenvalue weighted by Gasteiger charge is -2.37. The van der Waals surface area contributed by atoms with Crippen LogP contribution in [0.25, 0.3) is 0 Å². The van der Waals surface area contributed by atoms with E-state index in [1.807, 2.05) is 24.4 Å². The Morgan fingerprint density at radius 1 is 1.07 bits per heavy atom. The molecule has 1 aromatic heterocycles. The van der Waals surface area contributed by atoms with Gasteiger partial charge in [0.2, 0.25) is 0 Å². The molecule has 0 fully saturated rings. The Morgan fingerprint density at radius 2 is 1.77 bits per heavy atom. The van der Waals surface area contributed by atoms with Crippen LogP contribution in [0, 0.1) is 0 Å². The highest BCUT2D eigenvalue weighted by Crippen LogP contribution is 2.41. The molecule has 0 saturated carbocycles. The first kappa shape index (κ1) is 27.1. The van der Waals surface area contributed by atoms with E-state index in [4.69, 9.17) is 13.9 Å². The van der Waals surface area contributed by atoms with Crippen LogP contribution in [-0.2, 0) is 13.9 Å². The van der Waals surface area contributed by atoms with Gasteiger partial charge in [0.25, 0.3) is 8.32 Å². The fourth-order valence-corrected chi connectivity index (χ4v) is 8.78. The number of thioether (sulfide) groups is 1. The molecule has 4 nitrogen and oxygen atoms in total. The molecule has 1 aromatic rings. The molecule has 172 valence electrons. The smallest absolute Gasteiger partial charge is 0.252 e. The molecular weight excluding hydrogens is 410 g/mol. The summed E-state index contributed by atoms with van der Waals surface area (Å²) in [5.41, 5.74) is 0.677. The first-order valence-electron chi connectivity index (χ1n) is 11.7. The zero-order chi connectivity index (χ0) is 22.1. The fraction of sp³-hybridized carbons (Fsp3) is 0.708. The molecule has 0 radical (unpaired) electrons. The maximum Gasteiger partial charge on any atom is 0.252 e. The van der Waals surface area contributed by atoms with Crippen LogP contribution in [0.1, 0.15) is 72.1 Å². The zero-order valence-corrected chi connectivity index (χ0v) is 21.6. The van der Waals surface area contributed by atoms with Gasteiger partial charge in [0.1, 0.15) is 17.9 Å². The molecular formula is C24H43NO3SSi. The van der Waals surface area contributed by atoms with Crippen molar-refractivity contribution >= 4 is 20.1 Å². The molecule has 6 heteroatoms. The fourth-order valence-electron chi connectivity index (χ4n) is 3.59. The maximum atomic E-state index is 6.94. The molecule has 1 heterocycles. The van der Waals surface area contributed by atoms with E-state index in [1.54, 1.807) is 25.1 Å². The highest BCUT2D eigenvalue weighted by Gasteiger charge is 2.39. The SMILES string of the molecule is CCCCC(CCCC)[Si](C)(CCCC)OC(=COCCOC)Sc1ccccn1. The summed E-state index contributed by atoms with van der Waals surface area (Å²) < 4.78 is 17.8. The van der Waals surface area contributed by atoms with E-state index >= 15 is 0 Å². The molecule has 0 aliphatic heterocycles. The Bertz CT molecular complexity index is 565. The largest absolute Gasteiger partial charge is 0.537 e. The third-order valence-corrected chi connectivity index (χ3v) is 10.8. The lowest BCUT2D eigenvalue weighted by Crippen LogP contribution is -2.40. The Hall–Kier alpha value is -0.983. The predicted molar refractivity (Wildman–Crippen MR) is 131 cm³/mol. The molecule has 0 spiro atoms. The summed E-state index contributed by atoms with van der Waals surface area (Å²) in [6, 6.07) is 7.17. The number of ether oxygens (including phenoxy) is 2. The van der Waals surface area contributed by atoms with Crippen molar-refractivity contribution in [1.29, 1.82) is 0 Å². The molecule has 1 atom stereocenters. The van der Waals surface area contributed by atoms with Gasteiger partial charge in [-0.25, -0.2) is 4.98 Å². The second-order valence-corrected chi connectivity index (χ2v) is 13.2. The normalized spacial score (nSPS) is 14.0. The van der Waals surface area contributed by atoms with E-state index in [0.717, 1.165) is 10.1 Å². The number of unbranched alkanes of at least 4 members (excludes halogenated alkanes) is 3. The standard InChI is InChI=1S/C24H43NO3SSi/c1-6-9-14-22(15-10-7-2)30(5,20-11-8-3)28-24(21-27-19-18-26-4)29-23-16-12-13-17-25-23/h12-13,16-17,21-22H,6-11,14-15,18-20H2,1-5H3. The van der Waals surface area contributed by atoms with Crippen LogP contribution in [0.4, 0.5) is 0 Å². The van der Waals surface area contributed by atoms with Crippen molar-refractivity contribution in [3.05, 3.63) is 35.7 Å². The molecule has 0 bridgehead atoms. The minimum Gasteiger partial charge on any atom is -0.537 e. The number of rotatable bonds is 18. The molecule has 0 saturated heterocycles. The van der Waals surface area contributed by atoms with E-state index in [9.17, 15) is 0 Å². The number of hydrogen-bond donors (Lipinski definition) is 0. The minimum absolute atomic E-state index is 0.522. The quantitative estimate of drug-likeness (QED) is 0.0982. The number of methoxy groups -OCH3 is 1. The Labute approximate surface area is 190 Å². The van der Waals surface area contributed by atoms with Crippen molar-refractivity contribution in [3.63, 3.8) is 0 Å². The van der Waals surface area contributed by atoms with Crippen molar-refractivity contribution in [2.45, 2.75) is 95.3 Å². The summed E-state index contributed by atoms with van der Waals surface area (Å²) in [5.74, 6) is 0. The molecule has 0 amide bonds. The molecule has 1 unspecified atom stereocenters. The van der Waals surface area contributed by atoms with E-state index in [-0.39, 0.29) is 0 Å². The van der Waals surface area contributed by atoms with Crippen molar-refractivity contribution in [1.82, 2.24) is 4.98 Å². The first-order chi connectivity index (χ1) is 14.6. The number of nitrogens with zero attached hydrogens (tertiary/aromatic N) is 1. The van der Waals surface area contributed by atoms with Gasteiger partial charge in [0.15, 0.2) is 5.09 Å². The van der Waals surface area contributed by atoms with Crippen LogP contribution in [0.2, 0.25) is 18.1 Å². The first-order valence-corrected chi connectivity index (χ1v) is 15.2. The zero-order valence-electron chi connectivity index (χ0n) is 19.8. The van der Waals surface area contributed by atoms with Crippen LogP contribution in [-0.4, -0.2) is 33.6 Å². The molecule has 30 heavy (non-hydrogen) atoms. The minimum atomic E-state index is -1.99. The summed E-state index contributed by atoms with van der Waals surface area (Å²) >= 11 is 1.57. The molecule has 0 N–H and O–H groups in total. The molecule has 0 aromatic carbocycles. The van der Waals surface area contributed by atoms with Crippen molar-refractivity contribution in [2.75, 3.05) is 20.3 Å². The van der Waals surface area contributed by atoms with Gasteiger partial charge in [0.05, 0.1) is 6.61 Å². The van der Waals surface area contributed by atoms with Gasteiger partial charge in [-0.1, -0.05) is 65.4 Å². The molecule has 0 aliphatic carbocycles. The van der Waals surface area contributed by atoms with Gasteiger partial charge in [-0.15, -0.1) is 0 Å². The van der Waals surface area contributed by atoms with Crippen LogP contribution in [0.15, 0.2) is 40.8 Å². The summed E-state index contributed by atoms with van der Waals surface area (Å²) in [5, 5.41) is 1.78. The van der Waals surface area contributed by atoms with Crippen LogP contribution in [0.3, 0.4) is 0 Å². The predicted octanol–water partition coefficient (Wildman–Crippen LogP) is 7.78. The average molecular weight is 454 g/mol. The van der Waals surface area contributed by atoms with Crippen LogP contribution in [0.5, 0.6) is 0 Å². The van der Waals surface area contributed by atoms with Crippen molar-refractivity contribution in [2.24, 2.45) is 0 Å². The lowest BCUT2D eigenvalue weighted by molar-refractivity contribution is 0.121. The highest BCUT2D eigenvalue weighted by molar-refractivity contribution is 8.02. The summed E-state index contributed by atoms with van der Waals surface area (Å²) in [6.07, 6.45) is 13.6. The van der Waals surface area contributed by atoms with E-state index in [1.165, 1.54) is 57.4 Å². The van der Waals surface area contributed by atoms with Gasteiger partial charge < -0.3 is 13.9 Å².